The number of benzene rings is 3. The fourth-order valence-electron chi connectivity index (χ4n) is 5.31. The minimum Gasteiger partial charge on any atom is -0.444 e. The molecule has 3 aromatic carbocycles. The van der Waals surface area contributed by atoms with Crippen molar-refractivity contribution in [3.05, 3.63) is 83.4 Å². The second-order valence-corrected chi connectivity index (χ2v) is 10.7. The van der Waals surface area contributed by atoms with E-state index < -0.39 is 5.60 Å². The van der Waals surface area contributed by atoms with Crippen LogP contribution in [0.4, 0.5) is 16.2 Å². The highest BCUT2D eigenvalue weighted by Gasteiger charge is 2.31. The van der Waals surface area contributed by atoms with Gasteiger partial charge in [-0.25, -0.2) is 4.79 Å². The Morgan fingerprint density at radius 3 is 2.11 bits per heavy atom. The normalized spacial score (nSPS) is 15.7. The highest BCUT2D eigenvalue weighted by atomic mass is 16.6. The molecule has 0 unspecified atom stereocenters. The Labute approximate surface area is 219 Å². The zero-order chi connectivity index (χ0) is 26.0. The lowest BCUT2D eigenvalue weighted by Crippen LogP contribution is -2.47. The molecule has 5 rings (SSSR count). The van der Waals surface area contributed by atoms with E-state index in [9.17, 15) is 10.1 Å². The molecule has 2 aliphatic heterocycles. The molecular weight excluding hydrogens is 460 g/mol. The molecule has 0 atom stereocenters. The van der Waals surface area contributed by atoms with Gasteiger partial charge in [0.2, 0.25) is 0 Å². The SMILES string of the molecule is CC(C)(C)OC(=O)N1CCc2c(C#N)c(N3CCN(c4ccccc4)CC3)cc(-c3ccccc3)c2C1. The topological polar surface area (TPSA) is 59.8 Å². The first-order chi connectivity index (χ1) is 17.8. The largest absolute Gasteiger partial charge is 0.444 e. The predicted octanol–water partition coefficient (Wildman–Crippen LogP) is 5.85. The number of ether oxygens (including phenoxy) is 1. The zero-order valence-corrected chi connectivity index (χ0v) is 21.9. The molecule has 190 valence electrons. The third-order valence-electron chi connectivity index (χ3n) is 7.10. The molecule has 6 nitrogen and oxygen atoms in total. The van der Waals surface area contributed by atoms with Crippen LogP contribution >= 0.6 is 0 Å². The molecule has 0 radical (unpaired) electrons. The summed E-state index contributed by atoms with van der Waals surface area (Å²) in [6, 6.07) is 25.5. The number of hydrogen-bond acceptors (Lipinski definition) is 5. The summed E-state index contributed by atoms with van der Waals surface area (Å²) >= 11 is 0. The third-order valence-corrected chi connectivity index (χ3v) is 7.10. The summed E-state index contributed by atoms with van der Waals surface area (Å²) in [4.78, 5) is 19.4. The van der Waals surface area contributed by atoms with Crippen molar-refractivity contribution in [3.8, 4) is 17.2 Å². The second-order valence-electron chi connectivity index (χ2n) is 10.7. The molecule has 0 bridgehead atoms. The lowest BCUT2D eigenvalue weighted by molar-refractivity contribution is 0.0224. The van der Waals surface area contributed by atoms with Gasteiger partial charge in [0.1, 0.15) is 11.7 Å². The molecule has 0 saturated carbocycles. The first kappa shape index (κ1) is 24.7. The minimum absolute atomic E-state index is 0.309. The fourth-order valence-corrected chi connectivity index (χ4v) is 5.31. The summed E-state index contributed by atoms with van der Waals surface area (Å²) in [5.41, 5.74) is 6.71. The minimum atomic E-state index is -0.552. The summed E-state index contributed by atoms with van der Waals surface area (Å²) in [7, 11) is 0. The summed E-state index contributed by atoms with van der Waals surface area (Å²) in [5.74, 6) is 0. The van der Waals surface area contributed by atoms with E-state index in [2.05, 4.69) is 58.3 Å². The van der Waals surface area contributed by atoms with Crippen LogP contribution in [0.5, 0.6) is 0 Å². The van der Waals surface area contributed by atoms with Gasteiger partial charge in [0.05, 0.1) is 11.3 Å². The van der Waals surface area contributed by atoms with E-state index in [1.807, 2.05) is 45.0 Å². The Morgan fingerprint density at radius 2 is 1.49 bits per heavy atom. The molecule has 6 heteroatoms. The fraction of sp³-hybridized carbons (Fsp3) is 0.355. The number of fused-ring (bicyclic) bond motifs is 1. The van der Waals surface area contributed by atoms with Crippen LogP contribution in [0.3, 0.4) is 0 Å². The zero-order valence-electron chi connectivity index (χ0n) is 21.9. The summed E-state index contributed by atoms with van der Waals surface area (Å²) < 4.78 is 5.67. The van der Waals surface area contributed by atoms with Crippen molar-refractivity contribution in [2.75, 3.05) is 42.5 Å². The van der Waals surface area contributed by atoms with E-state index in [1.54, 1.807) is 4.90 Å². The second kappa shape index (κ2) is 10.2. The number of piperazine rings is 1. The van der Waals surface area contributed by atoms with E-state index in [-0.39, 0.29) is 6.09 Å². The van der Waals surface area contributed by atoms with Gasteiger partial charge in [0.15, 0.2) is 0 Å². The van der Waals surface area contributed by atoms with Crippen molar-refractivity contribution in [2.45, 2.75) is 39.3 Å². The molecule has 1 amide bonds. The number of nitrogens with zero attached hydrogens (tertiary/aromatic N) is 4. The van der Waals surface area contributed by atoms with Crippen LogP contribution in [-0.4, -0.2) is 49.3 Å². The van der Waals surface area contributed by atoms with Crippen LogP contribution in [0.25, 0.3) is 11.1 Å². The Hall–Kier alpha value is -3.98. The standard InChI is InChI=1S/C31H34N4O2/c1-31(2,3)37-30(36)35-15-14-25-27(21-32)29(20-26(28(25)22-35)23-10-6-4-7-11-23)34-18-16-33(17-19-34)24-12-8-5-9-13-24/h4-13,20H,14-19,22H2,1-3H3. The third kappa shape index (κ3) is 5.27. The molecule has 0 aliphatic carbocycles. The van der Waals surface area contributed by atoms with Crippen LogP contribution in [0, 0.1) is 11.3 Å². The Kier molecular flexibility index (Phi) is 6.80. The average Bonchev–Trinajstić information content (AvgIpc) is 2.92. The summed E-state index contributed by atoms with van der Waals surface area (Å²) in [5, 5.41) is 10.3. The molecule has 1 fully saturated rings. The molecule has 0 N–H and O–H groups in total. The van der Waals surface area contributed by atoms with Gasteiger partial charge in [0.25, 0.3) is 0 Å². The molecule has 0 aromatic heterocycles. The number of carbonyl (C=O) groups excluding carboxylic acids is 1. The number of anilines is 2. The molecule has 2 heterocycles. The van der Waals surface area contributed by atoms with Crippen LogP contribution in [0.1, 0.15) is 37.5 Å². The van der Waals surface area contributed by atoms with Crippen molar-refractivity contribution < 1.29 is 9.53 Å². The van der Waals surface area contributed by atoms with E-state index >= 15 is 0 Å². The predicted molar refractivity (Wildman–Crippen MR) is 148 cm³/mol. The molecule has 0 spiro atoms. The van der Waals surface area contributed by atoms with Crippen LogP contribution in [0.2, 0.25) is 0 Å². The highest BCUT2D eigenvalue weighted by molar-refractivity contribution is 5.80. The van der Waals surface area contributed by atoms with Gasteiger partial charge in [-0.2, -0.15) is 5.26 Å². The Balaban J connectivity index is 1.50. The van der Waals surface area contributed by atoms with Gasteiger partial charge >= 0.3 is 6.09 Å². The monoisotopic (exact) mass is 494 g/mol. The maximum absolute atomic E-state index is 12.9. The van der Waals surface area contributed by atoms with Crippen molar-refractivity contribution >= 4 is 17.5 Å². The van der Waals surface area contributed by atoms with Gasteiger partial charge in [-0.1, -0.05) is 48.5 Å². The number of hydrogen-bond donors (Lipinski definition) is 0. The van der Waals surface area contributed by atoms with Gasteiger partial charge in [-0.05, 0) is 67.6 Å². The summed E-state index contributed by atoms with van der Waals surface area (Å²) in [6.07, 6.45) is 0.326. The summed E-state index contributed by atoms with van der Waals surface area (Å²) in [6.45, 7) is 10.1. The molecule has 37 heavy (non-hydrogen) atoms. The molecule has 1 saturated heterocycles. The van der Waals surface area contributed by atoms with Crippen molar-refractivity contribution in [2.24, 2.45) is 0 Å². The van der Waals surface area contributed by atoms with Crippen LogP contribution in [0.15, 0.2) is 66.7 Å². The maximum atomic E-state index is 12.9. The average molecular weight is 495 g/mol. The maximum Gasteiger partial charge on any atom is 0.410 e. The van der Waals surface area contributed by atoms with Crippen molar-refractivity contribution in [1.82, 2.24) is 4.90 Å². The number of carbonyl (C=O) groups is 1. The number of rotatable bonds is 3. The first-order valence-corrected chi connectivity index (χ1v) is 13.0. The van der Waals surface area contributed by atoms with Crippen LogP contribution in [-0.2, 0) is 17.7 Å². The smallest absolute Gasteiger partial charge is 0.410 e. The van der Waals surface area contributed by atoms with Gasteiger partial charge in [0, 0.05) is 45.0 Å². The van der Waals surface area contributed by atoms with Gasteiger partial charge in [-0.15, -0.1) is 0 Å². The number of para-hydroxylation sites is 1. The highest BCUT2D eigenvalue weighted by Crippen LogP contribution is 2.39. The van der Waals surface area contributed by atoms with E-state index in [4.69, 9.17) is 4.74 Å². The van der Waals surface area contributed by atoms with Gasteiger partial charge in [-0.3, -0.25) is 0 Å². The molecular formula is C31H34N4O2. The Morgan fingerprint density at radius 1 is 0.865 bits per heavy atom. The number of amides is 1. The van der Waals surface area contributed by atoms with Gasteiger partial charge < -0.3 is 19.4 Å². The van der Waals surface area contributed by atoms with Crippen molar-refractivity contribution in [3.63, 3.8) is 0 Å². The van der Waals surface area contributed by atoms with Crippen molar-refractivity contribution in [1.29, 1.82) is 5.26 Å². The first-order valence-electron chi connectivity index (χ1n) is 13.0. The quantitative estimate of drug-likeness (QED) is 0.457. The molecule has 3 aromatic rings. The van der Waals surface area contributed by atoms with E-state index in [1.165, 1.54) is 5.69 Å². The Bertz CT molecular complexity index is 1300. The van der Waals surface area contributed by atoms with Crippen LogP contribution < -0.4 is 9.80 Å². The van der Waals surface area contributed by atoms with E-state index in [0.29, 0.717) is 19.5 Å². The lowest BCUT2D eigenvalue weighted by Gasteiger charge is -2.39. The molecule has 2 aliphatic rings. The lowest BCUT2D eigenvalue weighted by atomic mass is 9.86. The number of nitriles is 1. The van der Waals surface area contributed by atoms with E-state index in [0.717, 1.165) is 59.7 Å².